The Morgan fingerprint density at radius 1 is 0.978 bits per heavy atom. The second kappa shape index (κ2) is 12.4. The van der Waals surface area contributed by atoms with Gasteiger partial charge in [-0.3, -0.25) is 24.4 Å². The first-order chi connectivity index (χ1) is 22.2. The van der Waals surface area contributed by atoms with Crippen LogP contribution in [0.15, 0.2) is 79.0 Å². The first-order valence-corrected chi connectivity index (χ1v) is 14.3. The fraction of sp³-hybridized carbons (Fsp3) is 0.182. The molecule has 0 aliphatic heterocycles. The summed E-state index contributed by atoms with van der Waals surface area (Å²) in [5.41, 5.74) is 6.45. The molecule has 0 saturated heterocycles. The third-order valence-corrected chi connectivity index (χ3v) is 7.75. The van der Waals surface area contributed by atoms with Crippen LogP contribution < -0.4 is 20.7 Å². The molecule has 0 unspecified atom stereocenters. The zero-order valence-electron chi connectivity index (χ0n) is 24.6. The van der Waals surface area contributed by atoms with Gasteiger partial charge in [0.1, 0.15) is 22.7 Å². The molecule has 3 amide bonds. The number of fused-ring (bicyclic) bond motifs is 1. The molecule has 234 valence electrons. The molecule has 4 N–H and O–H groups in total. The van der Waals surface area contributed by atoms with Gasteiger partial charge in [0, 0.05) is 42.7 Å². The lowest BCUT2D eigenvalue weighted by Gasteiger charge is -2.26. The number of benzene rings is 3. The number of H-pyrrole nitrogens is 1. The van der Waals surface area contributed by atoms with E-state index in [1.165, 1.54) is 30.5 Å². The highest BCUT2D eigenvalue weighted by Gasteiger charge is 2.57. The number of pyridine rings is 1. The number of ether oxygens (including phenoxy) is 2. The number of carbonyl (C=O) groups is 3. The van der Waals surface area contributed by atoms with Gasteiger partial charge in [-0.2, -0.15) is 5.10 Å². The molecule has 0 spiro atoms. The highest BCUT2D eigenvalue weighted by Crippen LogP contribution is 2.49. The van der Waals surface area contributed by atoms with E-state index in [1.54, 1.807) is 37.4 Å². The lowest BCUT2D eigenvalue weighted by Crippen LogP contribution is -2.41. The molecule has 5 aromatic rings. The minimum atomic E-state index is -1.41. The molecule has 6 rings (SSSR count). The van der Waals surface area contributed by atoms with Crippen molar-refractivity contribution in [2.45, 2.75) is 12.8 Å². The average Bonchev–Trinajstić information content (AvgIpc) is 3.77. The van der Waals surface area contributed by atoms with Gasteiger partial charge in [-0.25, -0.2) is 13.8 Å². The third-order valence-electron chi connectivity index (χ3n) is 7.75. The summed E-state index contributed by atoms with van der Waals surface area (Å²) in [6, 6.07) is 17.3. The van der Waals surface area contributed by atoms with Gasteiger partial charge in [0.05, 0.1) is 17.7 Å². The van der Waals surface area contributed by atoms with Crippen molar-refractivity contribution >= 4 is 40.1 Å². The van der Waals surface area contributed by atoms with Crippen LogP contribution in [0.4, 0.5) is 20.2 Å². The summed E-state index contributed by atoms with van der Waals surface area (Å²) in [6.07, 6.45) is 2.00. The second-order valence-electron chi connectivity index (χ2n) is 10.7. The fourth-order valence-electron chi connectivity index (χ4n) is 5.07. The number of rotatable bonds is 11. The molecule has 1 aliphatic rings. The van der Waals surface area contributed by atoms with Crippen LogP contribution in [0.2, 0.25) is 0 Å². The van der Waals surface area contributed by atoms with Crippen molar-refractivity contribution in [1.29, 1.82) is 0 Å². The predicted molar refractivity (Wildman–Crippen MR) is 164 cm³/mol. The SMILES string of the molecule is COCCNC(=O)c1ccc(-c2n[nH]c3nccc(Oc4ccc(N(C(=O)C5(C(N)=O)CC5)c5ccc(F)cc5)cc4F)c23)cc1. The molecule has 1 aliphatic carbocycles. The molecule has 2 heterocycles. The summed E-state index contributed by atoms with van der Waals surface area (Å²) in [4.78, 5) is 43.6. The second-order valence-corrected chi connectivity index (χ2v) is 10.7. The van der Waals surface area contributed by atoms with Crippen molar-refractivity contribution in [2.75, 3.05) is 25.2 Å². The standard InChI is InChI=1S/C33H28F2N6O5/c1-45-17-16-38-30(42)20-4-2-19(3-5-20)28-27-26(12-15-37-29(27)40-39-28)46-25-11-10-23(18-24(25)35)41(22-8-6-21(34)7-9-22)32(44)33(13-14-33)31(36)43/h2-12,15,18H,13-14,16-17H2,1H3,(H2,36,43)(H,38,42)(H,37,39,40). The topological polar surface area (TPSA) is 153 Å². The summed E-state index contributed by atoms with van der Waals surface area (Å²) >= 11 is 0. The van der Waals surface area contributed by atoms with E-state index >= 15 is 4.39 Å². The number of nitrogens with one attached hydrogen (secondary N) is 2. The molecule has 0 atom stereocenters. The number of methoxy groups -OCH3 is 1. The summed E-state index contributed by atoms with van der Waals surface area (Å²) < 4.78 is 40.4. The monoisotopic (exact) mass is 626 g/mol. The van der Waals surface area contributed by atoms with Crippen LogP contribution >= 0.6 is 0 Å². The molecule has 1 fully saturated rings. The number of carbonyl (C=O) groups excluding carboxylic acids is 3. The van der Waals surface area contributed by atoms with Crippen molar-refractivity contribution in [1.82, 2.24) is 20.5 Å². The van der Waals surface area contributed by atoms with Crippen molar-refractivity contribution in [3.05, 3.63) is 96.2 Å². The van der Waals surface area contributed by atoms with Crippen LogP contribution in [0.25, 0.3) is 22.3 Å². The van der Waals surface area contributed by atoms with Crippen LogP contribution in [0, 0.1) is 17.0 Å². The number of aromatic nitrogens is 3. The lowest BCUT2D eigenvalue weighted by molar-refractivity contribution is -0.133. The van der Waals surface area contributed by atoms with Gasteiger partial charge in [-0.15, -0.1) is 0 Å². The van der Waals surface area contributed by atoms with Crippen LogP contribution in [-0.2, 0) is 14.3 Å². The summed E-state index contributed by atoms with van der Waals surface area (Å²) in [5, 5.41) is 10.5. The number of halogens is 2. The van der Waals surface area contributed by atoms with Crippen LogP contribution in [0.5, 0.6) is 11.5 Å². The number of hydrogen-bond donors (Lipinski definition) is 3. The zero-order chi connectivity index (χ0) is 32.4. The number of anilines is 2. The van der Waals surface area contributed by atoms with E-state index in [1.807, 2.05) is 0 Å². The Morgan fingerprint density at radius 3 is 2.35 bits per heavy atom. The Bertz CT molecular complexity index is 1940. The van der Waals surface area contributed by atoms with Gasteiger partial charge in [-0.1, -0.05) is 12.1 Å². The Balaban J connectivity index is 1.30. The molecule has 13 heteroatoms. The van der Waals surface area contributed by atoms with Gasteiger partial charge in [0.2, 0.25) is 11.8 Å². The number of nitrogens with zero attached hydrogens (tertiary/aromatic N) is 3. The Hall–Kier alpha value is -5.69. The zero-order valence-corrected chi connectivity index (χ0v) is 24.6. The molecule has 2 aromatic heterocycles. The smallest absolute Gasteiger partial charge is 0.251 e. The minimum Gasteiger partial charge on any atom is -0.453 e. The highest BCUT2D eigenvalue weighted by molar-refractivity contribution is 6.16. The largest absolute Gasteiger partial charge is 0.453 e. The summed E-state index contributed by atoms with van der Waals surface area (Å²) in [5.74, 6) is -2.89. The third kappa shape index (κ3) is 5.75. The first-order valence-electron chi connectivity index (χ1n) is 14.3. The van der Waals surface area contributed by atoms with E-state index in [4.69, 9.17) is 15.2 Å². The van der Waals surface area contributed by atoms with Gasteiger partial charge in [0.25, 0.3) is 5.91 Å². The maximum absolute atomic E-state index is 15.7. The van der Waals surface area contributed by atoms with Crippen LogP contribution in [0.3, 0.4) is 0 Å². The van der Waals surface area contributed by atoms with E-state index in [0.717, 1.165) is 23.1 Å². The Morgan fingerprint density at radius 2 is 1.70 bits per heavy atom. The van der Waals surface area contributed by atoms with E-state index in [2.05, 4.69) is 20.5 Å². The maximum atomic E-state index is 15.7. The fourth-order valence-corrected chi connectivity index (χ4v) is 5.07. The summed E-state index contributed by atoms with van der Waals surface area (Å²) in [6.45, 7) is 0.766. The van der Waals surface area contributed by atoms with Gasteiger partial charge < -0.3 is 20.5 Å². The van der Waals surface area contributed by atoms with E-state index in [0.29, 0.717) is 41.0 Å². The van der Waals surface area contributed by atoms with Crippen LogP contribution in [0.1, 0.15) is 23.2 Å². The maximum Gasteiger partial charge on any atom is 0.251 e. The summed E-state index contributed by atoms with van der Waals surface area (Å²) in [7, 11) is 1.55. The lowest BCUT2D eigenvalue weighted by atomic mass is 10.0. The molecular weight excluding hydrogens is 598 g/mol. The molecule has 1 saturated carbocycles. The number of nitrogens with two attached hydrogens (primary N) is 1. The van der Waals surface area contributed by atoms with Crippen molar-refractivity contribution in [3.8, 4) is 22.8 Å². The molecular formula is C33H28F2N6O5. The van der Waals surface area contributed by atoms with Crippen molar-refractivity contribution in [2.24, 2.45) is 11.1 Å². The minimum absolute atomic E-state index is 0.101. The molecule has 11 nitrogen and oxygen atoms in total. The molecule has 0 radical (unpaired) electrons. The van der Waals surface area contributed by atoms with Gasteiger partial charge in [0.15, 0.2) is 17.2 Å². The van der Waals surface area contributed by atoms with Crippen molar-refractivity contribution < 1.29 is 32.6 Å². The number of aromatic amines is 1. The number of primary amides is 1. The quantitative estimate of drug-likeness (QED) is 0.138. The number of hydrogen-bond acceptors (Lipinski definition) is 7. The Kier molecular flexibility index (Phi) is 8.16. The van der Waals surface area contributed by atoms with E-state index < -0.39 is 28.9 Å². The van der Waals surface area contributed by atoms with E-state index in [-0.39, 0.29) is 41.6 Å². The van der Waals surface area contributed by atoms with E-state index in [9.17, 15) is 18.8 Å². The average molecular weight is 627 g/mol. The normalized spacial score (nSPS) is 13.3. The highest BCUT2D eigenvalue weighted by atomic mass is 19.1. The van der Waals surface area contributed by atoms with Crippen molar-refractivity contribution in [3.63, 3.8) is 0 Å². The van der Waals surface area contributed by atoms with Gasteiger partial charge in [-0.05, 0) is 67.4 Å². The molecule has 3 aromatic carbocycles. The molecule has 0 bridgehead atoms. The van der Waals surface area contributed by atoms with Crippen LogP contribution in [-0.4, -0.2) is 53.2 Å². The predicted octanol–water partition coefficient (Wildman–Crippen LogP) is 5.00. The molecule has 46 heavy (non-hydrogen) atoms. The Labute approximate surface area is 261 Å². The first kappa shape index (κ1) is 30.3. The number of amides is 3. The van der Waals surface area contributed by atoms with Gasteiger partial charge >= 0.3 is 0 Å².